The Balaban J connectivity index is 3.06. The average molecular weight is 255 g/mol. The standard InChI is InChI=1S/C10H10F5NO/c11-4-7(5-12)17-9-2-1-6(16)3-8(9)10(13,14)15/h1-3,7H,4-5,16H2. The van der Waals surface area contributed by atoms with Gasteiger partial charge in [-0.3, -0.25) is 0 Å². The highest BCUT2D eigenvalue weighted by atomic mass is 19.4. The lowest BCUT2D eigenvalue weighted by Crippen LogP contribution is -2.23. The summed E-state index contributed by atoms with van der Waals surface area (Å²) in [5.74, 6) is -0.632. The Morgan fingerprint density at radius 1 is 1.18 bits per heavy atom. The number of alkyl halides is 5. The van der Waals surface area contributed by atoms with Crippen LogP contribution in [0.25, 0.3) is 0 Å². The highest BCUT2D eigenvalue weighted by Gasteiger charge is 2.35. The van der Waals surface area contributed by atoms with E-state index in [1.807, 2.05) is 0 Å². The van der Waals surface area contributed by atoms with Crippen LogP contribution in [0.1, 0.15) is 5.56 Å². The molecule has 0 aromatic heterocycles. The lowest BCUT2D eigenvalue weighted by molar-refractivity contribution is -0.139. The van der Waals surface area contributed by atoms with E-state index in [4.69, 9.17) is 5.73 Å². The fraction of sp³-hybridized carbons (Fsp3) is 0.400. The molecule has 0 heterocycles. The van der Waals surface area contributed by atoms with Gasteiger partial charge in [-0.1, -0.05) is 0 Å². The summed E-state index contributed by atoms with van der Waals surface area (Å²) < 4.78 is 66.7. The first-order chi connectivity index (χ1) is 7.88. The van der Waals surface area contributed by atoms with Crippen molar-refractivity contribution in [2.24, 2.45) is 0 Å². The molecule has 0 radical (unpaired) electrons. The molecule has 0 fully saturated rings. The Morgan fingerprint density at radius 3 is 2.24 bits per heavy atom. The van der Waals surface area contributed by atoms with Gasteiger partial charge in [-0.15, -0.1) is 0 Å². The van der Waals surface area contributed by atoms with E-state index in [2.05, 4.69) is 4.74 Å². The lowest BCUT2D eigenvalue weighted by Gasteiger charge is -2.17. The number of ether oxygens (including phenoxy) is 1. The van der Waals surface area contributed by atoms with Gasteiger partial charge in [0.2, 0.25) is 0 Å². The molecule has 96 valence electrons. The summed E-state index contributed by atoms with van der Waals surface area (Å²) >= 11 is 0. The number of nitrogen functional groups attached to an aromatic ring is 1. The van der Waals surface area contributed by atoms with Crippen LogP contribution in [0, 0.1) is 0 Å². The van der Waals surface area contributed by atoms with Crippen LogP contribution in [0.2, 0.25) is 0 Å². The third kappa shape index (κ3) is 3.47. The summed E-state index contributed by atoms with van der Waals surface area (Å²) in [6.07, 6.45) is -6.23. The van der Waals surface area contributed by atoms with E-state index in [9.17, 15) is 22.0 Å². The molecule has 0 saturated carbocycles. The van der Waals surface area contributed by atoms with Gasteiger partial charge in [-0.05, 0) is 18.2 Å². The number of halogens is 5. The topological polar surface area (TPSA) is 35.2 Å². The van der Waals surface area contributed by atoms with Gasteiger partial charge in [0.15, 0.2) is 6.10 Å². The van der Waals surface area contributed by atoms with Crippen molar-refractivity contribution in [1.29, 1.82) is 0 Å². The van der Waals surface area contributed by atoms with E-state index >= 15 is 0 Å². The van der Waals surface area contributed by atoms with Crippen LogP contribution in [0.3, 0.4) is 0 Å². The monoisotopic (exact) mass is 255 g/mol. The minimum Gasteiger partial charge on any atom is -0.484 e. The summed E-state index contributed by atoms with van der Waals surface area (Å²) in [4.78, 5) is 0. The Labute approximate surface area is 94.2 Å². The highest BCUT2D eigenvalue weighted by molar-refractivity contribution is 5.49. The summed E-state index contributed by atoms with van der Waals surface area (Å²) in [6.45, 7) is -2.42. The second-order valence-electron chi connectivity index (χ2n) is 3.30. The van der Waals surface area contributed by atoms with Crippen LogP contribution < -0.4 is 10.5 Å². The van der Waals surface area contributed by atoms with Crippen molar-refractivity contribution in [3.8, 4) is 5.75 Å². The molecule has 0 aliphatic heterocycles. The van der Waals surface area contributed by atoms with Crippen molar-refractivity contribution in [1.82, 2.24) is 0 Å². The average Bonchev–Trinajstić information content (AvgIpc) is 2.26. The highest BCUT2D eigenvalue weighted by Crippen LogP contribution is 2.37. The van der Waals surface area contributed by atoms with Crippen molar-refractivity contribution in [2.45, 2.75) is 12.3 Å². The van der Waals surface area contributed by atoms with E-state index in [1.165, 1.54) is 0 Å². The molecular weight excluding hydrogens is 245 g/mol. The molecule has 1 aromatic carbocycles. The SMILES string of the molecule is Nc1ccc(OC(CF)CF)c(C(F)(F)F)c1. The quantitative estimate of drug-likeness (QED) is 0.663. The van der Waals surface area contributed by atoms with E-state index in [-0.39, 0.29) is 5.69 Å². The largest absolute Gasteiger partial charge is 0.484 e. The fourth-order valence-corrected chi connectivity index (χ4v) is 1.16. The van der Waals surface area contributed by atoms with Crippen LogP contribution in [0.5, 0.6) is 5.75 Å². The molecule has 0 atom stereocenters. The fourth-order valence-electron chi connectivity index (χ4n) is 1.16. The minimum absolute atomic E-state index is 0.110. The van der Waals surface area contributed by atoms with Crippen LogP contribution in [-0.4, -0.2) is 19.5 Å². The molecule has 0 aliphatic rings. The Morgan fingerprint density at radius 2 is 1.76 bits per heavy atom. The third-order valence-electron chi connectivity index (χ3n) is 1.95. The van der Waals surface area contributed by atoms with Crippen molar-refractivity contribution in [3.05, 3.63) is 23.8 Å². The van der Waals surface area contributed by atoms with Gasteiger partial charge in [0, 0.05) is 5.69 Å². The van der Waals surface area contributed by atoms with Gasteiger partial charge in [-0.25, -0.2) is 8.78 Å². The molecule has 2 nitrogen and oxygen atoms in total. The molecule has 0 bridgehead atoms. The summed E-state index contributed by atoms with van der Waals surface area (Å²) in [6, 6.07) is 2.76. The Kier molecular flexibility index (Phi) is 4.14. The van der Waals surface area contributed by atoms with Gasteiger partial charge in [0.05, 0.1) is 5.56 Å². The molecule has 0 spiro atoms. The first-order valence-electron chi connectivity index (χ1n) is 4.63. The molecule has 1 rings (SSSR count). The van der Waals surface area contributed by atoms with Crippen molar-refractivity contribution in [3.63, 3.8) is 0 Å². The molecule has 0 aliphatic carbocycles. The molecule has 1 aromatic rings. The Hall–Kier alpha value is -1.53. The van der Waals surface area contributed by atoms with Crippen LogP contribution in [0.15, 0.2) is 18.2 Å². The van der Waals surface area contributed by atoms with E-state index < -0.39 is 36.9 Å². The Bertz CT molecular complexity index is 375. The van der Waals surface area contributed by atoms with E-state index in [0.29, 0.717) is 6.07 Å². The minimum atomic E-state index is -4.69. The maximum atomic E-state index is 12.6. The maximum Gasteiger partial charge on any atom is 0.420 e. The zero-order chi connectivity index (χ0) is 13.1. The zero-order valence-corrected chi connectivity index (χ0v) is 8.60. The summed E-state index contributed by atoms with van der Waals surface area (Å²) in [5.41, 5.74) is 3.96. The second-order valence-corrected chi connectivity index (χ2v) is 3.30. The molecule has 0 amide bonds. The van der Waals surface area contributed by atoms with Gasteiger partial charge >= 0.3 is 6.18 Å². The van der Waals surface area contributed by atoms with Gasteiger partial charge in [0.1, 0.15) is 19.1 Å². The van der Waals surface area contributed by atoms with E-state index in [1.54, 1.807) is 0 Å². The van der Waals surface area contributed by atoms with Crippen molar-refractivity contribution < 1.29 is 26.7 Å². The van der Waals surface area contributed by atoms with Crippen LogP contribution in [0.4, 0.5) is 27.6 Å². The maximum absolute atomic E-state index is 12.6. The van der Waals surface area contributed by atoms with Crippen molar-refractivity contribution in [2.75, 3.05) is 19.1 Å². The van der Waals surface area contributed by atoms with Gasteiger partial charge in [-0.2, -0.15) is 13.2 Å². The van der Waals surface area contributed by atoms with Gasteiger partial charge in [0.25, 0.3) is 0 Å². The normalized spacial score (nSPS) is 11.9. The molecule has 0 unspecified atom stereocenters. The molecular formula is C10H10F5NO. The number of hydrogen-bond acceptors (Lipinski definition) is 2. The van der Waals surface area contributed by atoms with Gasteiger partial charge < -0.3 is 10.5 Å². The zero-order valence-electron chi connectivity index (χ0n) is 8.60. The molecule has 0 saturated heterocycles. The predicted octanol–water partition coefficient (Wildman–Crippen LogP) is 2.97. The number of anilines is 1. The van der Waals surface area contributed by atoms with Crippen LogP contribution in [-0.2, 0) is 6.18 Å². The number of nitrogens with two attached hydrogens (primary N) is 1. The first-order valence-corrected chi connectivity index (χ1v) is 4.63. The second kappa shape index (κ2) is 5.20. The third-order valence-corrected chi connectivity index (χ3v) is 1.95. The first kappa shape index (κ1) is 13.5. The molecule has 2 N–H and O–H groups in total. The molecule has 7 heteroatoms. The molecule has 17 heavy (non-hydrogen) atoms. The predicted molar refractivity (Wildman–Crippen MR) is 52.2 cm³/mol. The number of rotatable bonds is 4. The summed E-state index contributed by atoms with van der Waals surface area (Å²) in [7, 11) is 0. The van der Waals surface area contributed by atoms with Crippen molar-refractivity contribution >= 4 is 5.69 Å². The summed E-state index contributed by atoms with van der Waals surface area (Å²) in [5, 5.41) is 0. The van der Waals surface area contributed by atoms with E-state index in [0.717, 1.165) is 12.1 Å². The van der Waals surface area contributed by atoms with Crippen LogP contribution >= 0.6 is 0 Å². The lowest BCUT2D eigenvalue weighted by atomic mass is 10.1. The number of benzene rings is 1. The number of hydrogen-bond donors (Lipinski definition) is 1. The smallest absolute Gasteiger partial charge is 0.420 e.